The molecule has 0 radical (unpaired) electrons. The van der Waals surface area contributed by atoms with Crippen LogP contribution in [-0.2, 0) is 39.7 Å². The Morgan fingerprint density at radius 2 is 0.904 bits per heavy atom. The summed E-state index contributed by atoms with van der Waals surface area (Å²) >= 11 is 0. The van der Waals surface area contributed by atoms with Gasteiger partial charge in [-0.1, -0.05) is 123 Å². The van der Waals surface area contributed by atoms with Crippen LogP contribution in [-0.4, -0.2) is 50.7 Å². The predicted molar refractivity (Wildman–Crippen MR) is 184 cm³/mol. The van der Waals surface area contributed by atoms with Crippen molar-refractivity contribution in [1.82, 2.24) is 0 Å². The number of halogens is 6. The number of alkyl halides is 6. The van der Waals surface area contributed by atoms with Crippen molar-refractivity contribution in [3.05, 3.63) is 96.1 Å². The van der Waals surface area contributed by atoms with E-state index in [-0.39, 0.29) is 0 Å². The van der Waals surface area contributed by atoms with Crippen LogP contribution >= 0.6 is 0 Å². The van der Waals surface area contributed by atoms with E-state index in [2.05, 4.69) is 11.8 Å². The fraction of sp³-hybridized carbons (Fsp3) is 0.450. The van der Waals surface area contributed by atoms with Gasteiger partial charge in [-0.05, 0) is 37.8 Å². The number of hydrogen-bond acceptors (Lipinski definition) is 6. The van der Waals surface area contributed by atoms with Crippen LogP contribution in [0.15, 0.2) is 85.0 Å². The third-order valence-corrected chi connectivity index (χ3v) is 8.26. The van der Waals surface area contributed by atoms with Crippen molar-refractivity contribution in [2.45, 2.75) is 100.0 Å². The molecule has 6 nitrogen and oxygen atoms in total. The summed E-state index contributed by atoms with van der Waals surface area (Å²) in [6, 6.07) is 13.0. The Bertz CT molecular complexity index is 1410. The topological polar surface area (TPSA) is 71.1 Å². The highest BCUT2D eigenvalue weighted by Crippen LogP contribution is 2.44. The van der Waals surface area contributed by atoms with Gasteiger partial charge in [0, 0.05) is 25.3 Å². The number of esters is 2. The second kappa shape index (κ2) is 21.1. The predicted octanol–water partition coefficient (Wildman–Crippen LogP) is 9.30. The molecule has 52 heavy (non-hydrogen) atoms. The van der Waals surface area contributed by atoms with Crippen LogP contribution in [0, 0.1) is 24.7 Å². The zero-order valence-electron chi connectivity index (χ0n) is 29.2. The summed E-state index contributed by atoms with van der Waals surface area (Å²) in [6.45, 7) is 0. The lowest BCUT2D eigenvalue weighted by atomic mass is 9.92. The van der Waals surface area contributed by atoms with Crippen LogP contribution < -0.4 is 0 Å². The number of carbonyl (C=O) groups is 2. The smallest absolute Gasteiger partial charge is 0.432 e. The summed E-state index contributed by atoms with van der Waals surface area (Å²) in [5, 5.41) is 0. The second-order valence-electron chi connectivity index (χ2n) is 11.7. The Kier molecular flexibility index (Phi) is 17.7. The Morgan fingerprint density at radius 3 is 1.17 bits per heavy atom. The van der Waals surface area contributed by atoms with Crippen molar-refractivity contribution < 1.29 is 54.9 Å². The Morgan fingerprint density at radius 1 is 0.596 bits per heavy atom. The van der Waals surface area contributed by atoms with E-state index < -0.39 is 58.8 Å². The quantitative estimate of drug-likeness (QED) is 0.0419. The van der Waals surface area contributed by atoms with Crippen LogP contribution in [0.5, 0.6) is 0 Å². The van der Waals surface area contributed by atoms with E-state index >= 15 is 0 Å². The highest BCUT2D eigenvalue weighted by Gasteiger charge is 2.65. The van der Waals surface area contributed by atoms with Crippen molar-refractivity contribution in [3.63, 3.8) is 0 Å². The molecule has 0 aliphatic carbocycles. The fourth-order valence-corrected chi connectivity index (χ4v) is 5.45. The summed E-state index contributed by atoms with van der Waals surface area (Å²) < 4.78 is 104. The van der Waals surface area contributed by atoms with Gasteiger partial charge in [0.2, 0.25) is 0 Å². The van der Waals surface area contributed by atoms with E-state index in [0.717, 1.165) is 89.9 Å². The van der Waals surface area contributed by atoms with Gasteiger partial charge >= 0.3 is 24.3 Å². The van der Waals surface area contributed by atoms with Crippen LogP contribution in [0.2, 0.25) is 0 Å². The maximum absolute atomic E-state index is 14.1. The molecule has 0 saturated heterocycles. The first-order valence-corrected chi connectivity index (χ1v) is 16.8. The zero-order valence-corrected chi connectivity index (χ0v) is 29.2. The molecule has 0 aliphatic rings. The van der Waals surface area contributed by atoms with Crippen molar-refractivity contribution in [1.29, 1.82) is 0 Å². The van der Waals surface area contributed by atoms with Gasteiger partial charge in [-0.15, -0.1) is 12.8 Å². The highest BCUT2D eigenvalue weighted by atomic mass is 19.4. The first kappa shape index (κ1) is 43.6. The Hall–Kier alpha value is -4.52. The summed E-state index contributed by atoms with van der Waals surface area (Å²) in [4.78, 5) is 25.5. The van der Waals surface area contributed by atoms with E-state index in [4.69, 9.17) is 31.8 Å². The molecule has 0 heterocycles. The van der Waals surface area contributed by atoms with Gasteiger partial charge in [0.1, 0.15) is 0 Å². The Labute approximate surface area is 301 Å². The fourth-order valence-electron chi connectivity index (χ4n) is 5.45. The largest absolute Gasteiger partial charge is 0.442 e. The third kappa shape index (κ3) is 11.5. The molecule has 4 atom stereocenters. The lowest BCUT2D eigenvalue weighted by Crippen LogP contribution is -2.52. The number of methoxy groups -OCH3 is 2. The molecule has 0 fully saturated rings. The molecular formula is C40H44F6O6. The van der Waals surface area contributed by atoms with Crippen molar-refractivity contribution in [3.8, 4) is 24.7 Å². The Balaban J connectivity index is 1.68. The van der Waals surface area contributed by atoms with Gasteiger partial charge in [0.15, 0.2) is 12.2 Å². The van der Waals surface area contributed by atoms with Gasteiger partial charge in [-0.25, -0.2) is 9.59 Å². The molecule has 0 saturated carbocycles. The SMILES string of the molecule is C#C[C@@H](/C=C/CCCCCCCCCC/C=C/[C@H](C#C)OC(=O)[C@@](OC)(c1ccccc1)C(F)(F)F)OC(=O)[C@@](OC)(c1ccccc1)C(F)(F)F. The van der Waals surface area contributed by atoms with E-state index in [1.807, 2.05) is 0 Å². The van der Waals surface area contributed by atoms with Crippen LogP contribution in [0.4, 0.5) is 26.3 Å². The minimum absolute atomic E-state index is 0.422. The number of allylic oxidation sites excluding steroid dienone is 2. The maximum Gasteiger partial charge on any atom is 0.432 e. The number of unbranched alkanes of at least 4 members (excludes halogenated alkanes) is 9. The minimum Gasteiger partial charge on any atom is -0.442 e. The number of ether oxygens (including phenoxy) is 4. The molecule has 2 aromatic rings. The molecular weight excluding hydrogens is 690 g/mol. The molecule has 0 unspecified atom stereocenters. The minimum atomic E-state index is -5.10. The number of terminal acetylenes is 2. The number of carbonyl (C=O) groups excluding carboxylic acids is 2. The number of rotatable bonds is 21. The van der Waals surface area contributed by atoms with E-state index in [0.29, 0.717) is 12.8 Å². The van der Waals surface area contributed by atoms with Crippen molar-refractivity contribution >= 4 is 11.9 Å². The molecule has 12 heteroatoms. The van der Waals surface area contributed by atoms with Crippen LogP contribution in [0.1, 0.15) is 75.3 Å². The summed E-state index contributed by atoms with van der Waals surface area (Å²) in [7, 11) is 1.57. The van der Waals surface area contributed by atoms with Crippen LogP contribution in [0.3, 0.4) is 0 Å². The molecule has 0 amide bonds. The standard InChI is InChI=1S/C40H44F6O6/c1-5-33(51-35(47)37(49-3,39(41,42)43)31-25-19-17-20-26-31)29-23-15-13-11-9-7-8-10-12-14-16-24-30-34(6-2)52-36(48)38(50-4,40(44,45)46)32-27-21-18-22-28-32/h1-2,17-30,33-34H,7-16H2,3-4H3/b29-23+,30-24+/t33-,34-,37-,38-/m0/s1. The average molecular weight is 735 g/mol. The molecule has 2 aromatic carbocycles. The third-order valence-electron chi connectivity index (χ3n) is 8.26. The number of benzene rings is 2. The van der Waals surface area contributed by atoms with Crippen molar-refractivity contribution in [2.75, 3.05) is 14.2 Å². The molecule has 0 spiro atoms. The molecule has 282 valence electrons. The summed E-state index contributed by atoms with van der Waals surface area (Å²) in [5.41, 5.74) is -7.48. The number of hydrogen-bond donors (Lipinski definition) is 0. The molecule has 0 aromatic heterocycles. The first-order valence-electron chi connectivity index (χ1n) is 16.8. The van der Waals surface area contributed by atoms with E-state index in [1.54, 1.807) is 12.2 Å². The second-order valence-corrected chi connectivity index (χ2v) is 11.7. The summed E-state index contributed by atoms with van der Waals surface area (Å²) in [5.74, 6) is 1.05. The summed E-state index contributed by atoms with van der Waals surface area (Å²) in [6.07, 6.45) is 12.7. The molecule has 0 aliphatic heterocycles. The van der Waals surface area contributed by atoms with Gasteiger partial charge in [-0.3, -0.25) is 0 Å². The van der Waals surface area contributed by atoms with Gasteiger partial charge in [0.05, 0.1) is 0 Å². The lowest BCUT2D eigenvalue weighted by molar-refractivity contribution is -0.277. The highest BCUT2D eigenvalue weighted by molar-refractivity contribution is 5.83. The monoisotopic (exact) mass is 734 g/mol. The van der Waals surface area contributed by atoms with E-state index in [9.17, 15) is 35.9 Å². The van der Waals surface area contributed by atoms with E-state index in [1.165, 1.54) is 48.6 Å². The first-order chi connectivity index (χ1) is 24.7. The van der Waals surface area contributed by atoms with Gasteiger partial charge < -0.3 is 18.9 Å². The molecule has 0 N–H and O–H groups in total. The molecule has 0 bridgehead atoms. The van der Waals surface area contributed by atoms with Crippen molar-refractivity contribution in [2.24, 2.45) is 0 Å². The maximum atomic E-state index is 14.1. The molecule has 2 rings (SSSR count). The normalized spacial score (nSPS) is 15.6. The zero-order chi connectivity index (χ0) is 38.7. The van der Waals surface area contributed by atoms with Gasteiger partial charge in [-0.2, -0.15) is 26.3 Å². The lowest BCUT2D eigenvalue weighted by Gasteiger charge is -2.32. The average Bonchev–Trinajstić information content (AvgIpc) is 3.11. The van der Waals surface area contributed by atoms with Crippen LogP contribution in [0.25, 0.3) is 0 Å². The van der Waals surface area contributed by atoms with Gasteiger partial charge in [0.25, 0.3) is 11.2 Å².